The molecule has 0 spiro atoms. The summed E-state index contributed by atoms with van der Waals surface area (Å²) in [5.41, 5.74) is 0.0395. The van der Waals surface area contributed by atoms with Crippen LogP contribution in [-0.4, -0.2) is 5.38 Å². The average molecular weight is 321 g/mol. The zero-order valence-electron chi connectivity index (χ0n) is 12.5. The molecule has 0 aliphatic carbocycles. The van der Waals surface area contributed by atoms with Crippen LogP contribution in [0.4, 0.5) is 8.78 Å². The maximum absolute atomic E-state index is 14.3. The molecule has 2 aromatic carbocycles. The Morgan fingerprint density at radius 2 is 1.50 bits per heavy atom. The monoisotopic (exact) mass is 320 g/mol. The van der Waals surface area contributed by atoms with Gasteiger partial charge in [0.05, 0.1) is 5.41 Å². The van der Waals surface area contributed by atoms with Gasteiger partial charge in [0.15, 0.2) is 0 Å². The van der Waals surface area contributed by atoms with E-state index in [0.29, 0.717) is 12.0 Å². The van der Waals surface area contributed by atoms with Crippen molar-refractivity contribution in [3.05, 3.63) is 83.9 Å². The summed E-state index contributed by atoms with van der Waals surface area (Å²) in [7, 11) is 0. The molecule has 0 aliphatic heterocycles. The number of hydrogen-bond donors (Lipinski definition) is 0. The Morgan fingerprint density at radius 1 is 0.955 bits per heavy atom. The van der Waals surface area contributed by atoms with Gasteiger partial charge in [0.2, 0.25) is 0 Å². The second kappa shape index (κ2) is 7.06. The van der Waals surface area contributed by atoms with E-state index in [1.807, 2.05) is 36.4 Å². The third-order valence-corrected chi connectivity index (χ3v) is 4.23. The molecule has 0 amide bonds. The molecule has 0 nitrogen and oxygen atoms in total. The Balaban J connectivity index is 2.40. The summed E-state index contributed by atoms with van der Waals surface area (Å²) in [6, 6.07) is 18.4. The molecule has 0 aliphatic rings. The third kappa shape index (κ3) is 3.56. The van der Waals surface area contributed by atoms with Crippen LogP contribution in [0.25, 0.3) is 0 Å². The molecule has 22 heavy (non-hydrogen) atoms. The molecule has 2 rings (SSSR count). The van der Waals surface area contributed by atoms with Crippen molar-refractivity contribution in [1.82, 2.24) is 0 Å². The molecular weight excluding hydrogens is 302 g/mol. The van der Waals surface area contributed by atoms with Crippen molar-refractivity contribution in [1.29, 1.82) is 0 Å². The van der Waals surface area contributed by atoms with Crippen LogP contribution in [0.3, 0.4) is 0 Å². The van der Waals surface area contributed by atoms with Crippen LogP contribution in [0, 0.1) is 0 Å². The number of rotatable bonds is 6. The topological polar surface area (TPSA) is 0 Å². The van der Waals surface area contributed by atoms with Crippen molar-refractivity contribution in [2.24, 2.45) is 0 Å². The van der Waals surface area contributed by atoms with Crippen molar-refractivity contribution < 1.29 is 8.78 Å². The minimum Gasteiger partial charge on any atom is -0.187 e. The Kier molecular flexibility index (Phi) is 5.36. The highest BCUT2D eigenvalue weighted by molar-refractivity contribution is 6.22. The second-order valence-electron chi connectivity index (χ2n) is 5.32. The van der Waals surface area contributed by atoms with Gasteiger partial charge in [-0.2, -0.15) is 8.78 Å². The van der Waals surface area contributed by atoms with Gasteiger partial charge in [-0.05, 0) is 42.5 Å². The van der Waals surface area contributed by atoms with Crippen molar-refractivity contribution in [2.75, 3.05) is 0 Å². The van der Waals surface area contributed by atoms with Crippen LogP contribution < -0.4 is 0 Å². The van der Waals surface area contributed by atoms with Crippen molar-refractivity contribution in [3.8, 4) is 0 Å². The lowest BCUT2D eigenvalue weighted by Gasteiger charge is -2.35. The average Bonchev–Trinajstić information content (AvgIpc) is 2.52. The van der Waals surface area contributed by atoms with E-state index < -0.39 is 10.8 Å². The zero-order chi connectivity index (χ0) is 16.1. The molecule has 2 aromatic rings. The molecule has 0 saturated heterocycles. The third-order valence-electron chi connectivity index (χ3n) is 3.90. The highest BCUT2D eigenvalue weighted by Crippen LogP contribution is 2.47. The normalized spacial score (nSPS) is 14.9. The van der Waals surface area contributed by atoms with Gasteiger partial charge in [-0.3, -0.25) is 0 Å². The first kappa shape index (κ1) is 16.7. The minimum absolute atomic E-state index is 0.238. The van der Waals surface area contributed by atoms with E-state index in [0.717, 1.165) is 5.56 Å². The van der Waals surface area contributed by atoms with Crippen molar-refractivity contribution in [2.45, 2.75) is 30.6 Å². The molecular formula is C19H19ClF2. The molecule has 1 atom stereocenters. The summed E-state index contributed by atoms with van der Waals surface area (Å²) >= 11 is 5.55. The van der Waals surface area contributed by atoms with Crippen LogP contribution in [-0.2, 0) is 11.8 Å². The van der Waals surface area contributed by atoms with Crippen LogP contribution in [0.2, 0.25) is 0 Å². The van der Waals surface area contributed by atoms with E-state index >= 15 is 0 Å². The Bertz CT molecular complexity index is 602. The van der Waals surface area contributed by atoms with Gasteiger partial charge in [0, 0.05) is 0 Å². The number of hydrogen-bond acceptors (Lipinski definition) is 0. The van der Waals surface area contributed by atoms with E-state index in [1.165, 1.54) is 6.08 Å². The van der Waals surface area contributed by atoms with E-state index in [1.54, 1.807) is 37.3 Å². The zero-order valence-corrected chi connectivity index (χ0v) is 13.2. The maximum Gasteiger partial charge on any atom is 0.334 e. The molecule has 0 aromatic heterocycles. The number of benzene rings is 2. The van der Waals surface area contributed by atoms with E-state index in [9.17, 15) is 8.78 Å². The fraction of sp³-hybridized carbons (Fsp3) is 0.263. The van der Waals surface area contributed by atoms with Crippen LogP contribution in [0.1, 0.15) is 24.5 Å². The largest absolute Gasteiger partial charge is 0.334 e. The predicted octanol–water partition coefficient (Wildman–Crippen LogP) is 5.96. The summed E-state index contributed by atoms with van der Waals surface area (Å²) in [6.45, 7) is 1.74. The first-order chi connectivity index (χ1) is 10.5. The molecule has 116 valence electrons. The maximum atomic E-state index is 14.3. The Morgan fingerprint density at radius 3 is 2.00 bits per heavy atom. The van der Waals surface area contributed by atoms with Crippen molar-refractivity contribution >= 4 is 11.6 Å². The fourth-order valence-corrected chi connectivity index (χ4v) is 3.00. The summed E-state index contributed by atoms with van der Waals surface area (Å²) < 4.78 is 28.7. The number of aryl methyl sites for hydroxylation is 1. The van der Waals surface area contributed by atoms with Gasteiger partial charge in [-0.25, -0.2) is 0 Å². The number of alkyl halides is 3. The van der Waals surface area contributed by atoms with Gasteiger partial charge in [-0.15, -0.1) is 0 Å². The molecule has 1 unspecified atom stereocenters. The summed E-state index contributed by atoms with van der Waals surface area (Å²) in [6.07, 6.45) is 3.94. The van der Waals surface area contributed by atoms with E-state index in [-0.39, 0.29) is 6.42 Å². The molecule has 0 radical (unpaired) electrons. The summed E-state index contributed by atoms with van der Waals surface area (Å²) in [4.78, 5) is 0. The first-order valence-corrected chi connectivity index (χ1v) is 7.67. The van der Waals surface area contributed by atoms with Gasteiger partial charge in [0.1, 0.15) is 0 Å². The quantitative estimate of drug-likeness (QED) is 0.454. The van der Waals surface area contributed by atoms with Crippen LogP contribution in [0.5, 0.6) is 0 Å². The molecule has 0 fully saturated rings. The molecule has 0 heterocycles. The Hall–Kier alpha value is -1.67. The number of allylic oxidation sites excluding steroid dienone is 2. The smallest absolute Gasteiger partial charge is 0.187 e. The van der Waals surface area contributed by atoms with Crippen LogP contribution >= 0.6 is 11.6 Å². The van der Waals surface area contributed by atoms with Gasteiger partial charge in [0.25, 0.3) is 0 Å². The van der Waals surface area contributed by atoms with Gasteiger partial charge < -0.3 is 0 Å². The van der Waals surface area contributed by atoms with Crippen LogP contribution in [0.15, 0.2) is 72.8 Å². The van der Waals surface area contributed by atoms with Crippen molar-refractivity contribution in [3.63, 3.8) is 0 Å². The first-order valence-electron chi connectivity index (χ1n) is 7.29. The summed E-state index contributed by atoms with van der Waals surface area (Å²) in [5, 5.41) is -3.37. The predicted molar refractivity (Wildman–Crippen MR) is 88.5 cm³/mol. The lowest BCUT2D eigenvalue weighted by molar-refractivity contribution is 0.0223. The lowest BCUT2D eigenvalue weighted by atomic mass is 9.75. The summed E-state index contributed by atoms with van der Waals surface area (Å²) in [5.74, 6) is 0. The second-order valence-corrected chi connectivity index (χ2v) is 5.80. The molecule has 0 bridgehead atoms. The molecule has 0 saturated carbocycles. The highest BCUT2D eigenvalue weighted by Gasteiger charge is 2.51. The Labute approximate surface area is 135 Å². The van der Waals surface area contributed by atoms with Gasteiger partial charge in [-0.1, -0.05) is 72.8 Å². The van der Waals surface area contributed by atoms with E-state index in [2.05, 4.69) is 0 Å². The standard InChI is InChI=1S/C19H19ClF2/c1-2-14-18(19(20,21)22,17-11-7-4-8-12-17)15-13-16-9-5-3-6-10-16/h2-12,14H,13,15H2,1H3/b14-2+. The fourth-order valence-electron chi connectivity index (χ4n) is 2.73. The molecule has 3 heteroatoms. The number of halogens is 3. The highest BCUT2D eigenvalue weighted by atomic mass is 35.5. The lowest BCUT2D eigenvalue weighted by Crippen LogP contribution is -2.40. The SMILES string of the molecule is C/C=C/C(CCc1ccccc1)(c1ccccc1)C(F)(F)Cl. The minimum atomic E-state index is -3.37. The van der Waals surface area contributed by atoms with Gasteiger partial charge >= 0.3 is 5.38 Å². The molecule has 0 N–H and O–H groups in total. The van der Waals surface area contributed by atoms with E-state index in [4.69, 9.17) is 11.6 Å².